The van der Waals surface area contributed by atoms with Crippen molar-refractivity contribution in [1.29, 1.82) is 0 Å². The molecule has 4 aromatic rings. The van der Waals surface area contributed by atoms with Crippen LogP contribution in [0.25, 0.3) is 22.1 Å². The van der Waals surface area contributed by atoms with Crippen LogP contribution in [-0.4, -0.2) is 14.5 Å². The number of aryl methyl sites for hydroxylation is 4. The maximum absolute atomic E-state index is 5.79. The highest BCUT2D eigenvalue weighted by molar-refractivity contribution is 6.17. The average Bonchev–Trinajstić information content (AvgIpc) is 3.12. The molecule has 2 aromatic heterocycles. The second-order valence-electron chi connectivity index (χ2n) is 6.50. The Morgan fingerprint density at radius 3 is 2.42 bits per heavy atom. The molecule has 136 valence electrons. The number of rotatable bonds is 2. The summed E-state index contributed by atoms with van der Waals surface area (Å²) in [6.45, 7) is 4.15. The summed E-state index contributed by atoms with van der Waals surface area (Å²) in [5, 5.41) is 0. The van der Waals surface area contributed by atoms with Gasteiger partial charge in [0.25, 0.3) is 5.82 Å². The van der Waals surface area contributed by atoms with Gasteiger partial charge >= 0.3 is 0 Å². The highest BCUT2D eigenvalue weighted by atomic mass is 35.5. The van der Waals surface area contributed by atoms with E-state index in [2.05, 4.69) is 64.8 Å². The van der Waals surface area contributed by atoms with E-state index in [9.17, 15) is 0 Å². The van der Waals surface area contributed by atoms with Crippen LogP contribution < -0.4 is 4.57 Å². The van der Waals surface area contributed by atoms with E-state index in [1.165, 1.54) is 16.6 Å². The number of aromatic nitrogens is 4. The minimum atomic E-state index is 0.463. The topological polar surface area (TPSA) is 37.5 Å². The lowest BCUT2D eigenvalue weighted by Gasteiger charge is -1.97. The monoisotopic (exact) mass is 389 g/mol. The molecule has 0 aliphatic rings. The minimum Gasteiger partial charge on any atom is -0.330 e. The summed E-state index contributed by atoms with van der Waals surface area (Å²) >= 11 is 11.6. The molecule has 0 fully saturated rings. The number of nitrogens with one attached hydrogen (secondary N) is 1. The number of benzene rings is 2. The number of nitrogens with zero attached hydrogens (tertiary/aromatic N) is 3. The molecule has 0 radical (unpaired) electrons. The lowest BCUT2D eigenvalue weighted by Crippen LogP contribution is -2.30. The van der Waals surface area contributed by atoms with Gasteiger partial charge in [-0.3, -0.25) is 0 Å². The van der Waals surface area contributed by atoms with Crippen molar-refractivity contribution in [2.75, 3.05) is 0 Å². The van der Waals surface area contributed by atoms with Gasteiger partial charge in [-0.2, -0.15) is 0 Å². The van der Waals surface area contributed by atoms with Crippen LogP contribution in [0, 0.1) is 13.8 Å². The third-order valence-corrected chi connectivity index (χ3v) is 5.07. The molecule has 0 bridgehead atoms. The summed E-state index contributed by atoms with van der Waals surface area (Å²) in [6.07, 6.45) is 0. The minimum absolute atomic E-state index is 0.463. The Morgan fingerprint density at radius 2 is 1.73 bits per heavy atom. The van der Waals surface area contributed by atoms with Gasteiger partial charge < -0.3 is 4.57 Å². The van der Waals surface area contributed by atoms with Crippen molar-refractivity contribution in [3.05, 3.63) is 59.2 Å². The van der Waals surface area contributed by atoms with Gasteiger partial charge in [0.15, 0.2) is 11.0 Å². The number of hydrogen-bond acceptors (Lipinski definition) is 1. The SMILES string of the molecule is Cc1ccc2[nH]c(CCl)[n+](C)c2c1.Cc1ccc2c(c1)nc(CCl)n2C. The fourth-order valence-electron chi connectivity index (χ4n) is 3.01. The predicted molar refractivity (Wildman–Crippen MR) is 109 cm³/mol. The summed E-state index contributed by atoms with van der Waals surface area (Å²) < 4.78 is 4.12. The smallest absolute Gasteiger partial charge is 0.270 e. The molecule has 26 heavy (non-hydrogen) atoms. The maximum Gasteiger partial charge on any atom is 0.270 e. The van der Waals surface area contributed by atoms with Crippen molar-refractivity contribution in [3.8, 4) is 0 Å². The largest absolute Gasteiger partial charge is 0.330 e. The number of fused-ring (bicyclic) bond motifs is 2. The van der Waals surface area contributed by atoms with Crippen LogP contribution in [0.2, 0.25) is 0 Å². The molecule has 6 heteroatoms. The van der Waals surface area contributed by atoms with Crippen molar-refractivity contribution in [3.63, 3.8) is 0 Å². The van der Waals surface area contributed by atoms with Crippen LogP contribution in [-0.2, 0) is 25.9 Å². The molecule has 0 aliphatic heterocycles. The Balaban J connectivity index is 0.000000151. The number of halogens is 2. The maximum atomic E-state index is 5.79. The molecular weight excluding hydrogens is 367 g/mol. The van der Waals surface area contributed by atoms with Gasteiger partial charge in [0.05, 0.1) is 24.0 Å². The van der Waals surface area contributed by atoms with E-state index >= 15 is 0 Å². The average molecular weight is 390 g/mol. The number of alkyl halides is 2. The van der Waals surface area contributed by atoms with Crippen LogP contribution >= 0.6 is 23.2 Å². The predicted octanol–water partition coefficient (Wildman–Crippen LogP) is 4.66. The zero-order chi connectivity index (χ0) is 18.8. The Kier molecular flexibility index (Phi) is 5.54. The van der Waals surface area contributed by atoms with Gasteiger partial charge in [0.2, 0.25) is 0 Å². The van der Waals surface area contributed by atoms with E-state index in [0.717, 1.165) is 28.2 Å². The first-order chi connectivity index (χ1) is 12.4. The van der Waals surface area contributed by atoms with Crippen molar-refractivity contribution in [2.45, 2.75) is 25.6 Å². The lowest BCUT2D eigenvalue weighted by molar-refractivity contribution is -0.651. The molecule has 4 rings (SSSR count). The quantitative estimate of drug-likeness (QED) is 0.392. The first kappa shape index (κ1) is 18.7. The van der Waals surface area contributed by atoms with Crippen molar-refractivity contribution in [2.24, 2.45) is 14.1 Å². The Morgan fingerprint density at radius 1 is 1.04 bits per heavy atom. The second-order valence-corrected chi connectivity index (χ2v) is 7.03. The molecule has 2 heterocycles. The summed E-state index contributed by atoms with van der Waals surface area (Å²) in [5.74, 6) is 2.94. The third kappa shape index (κ3) is 3.57. The van der Waals surface area contributed by atoms with E-state index in [4.69, 9.17) is 23.2 Å². The van der Waals surface area contributed by atoms with E-state index in [1.54, 1.807) is 0 Å². The molecule has 2 aromatic carbocycles. The Bertz CT molecular complexity index is 1060. The van der Waals surface area contributed by atoms with Crippen LogP contribution in [0.4, 0.5) is 0 Å². The van der Waals surface area contributed by atoms with Gasteiger partial charge in [-0.15, -0.1) is 23.2 Å². The summed E-state index contributed by atoms with van der Waals surface area (Å²) in [5.41, 5.74) is 7.01. The van der Waals surface area contributed by atoms with Crippen LogP contribution in [0.5, 0.6) is 0 Å². The molecule has 1 N–H and O–H groups in total. The van der Waals surface area contributed by atoms with Gasteiger partial charge in [0.1, 0.15) is 11.7 Å². The van der Waals surface area contributed by atoms with Gasteiger partial charge in [-0.1, -0.05) is 12.1 Å². The molecule has 4 nitrogen and oxygen atoms in total. The fraction of sp³-hybridized carbons (Fsp3) is 0.300. The van der Waals surface area contributed by atoms with Crippen LogP contribution in [0.1, 0.15) is 22.8 Å². The highest BCUT2D eigenvalue weighted by Crippen LogP contribution is 2.17. The molecule has 0 amide bonds. The molecule has 0 unspecified atom stereocenters. The first-order valence-electron chi connectivity index (χ1n) is 8.45. The number of hydrogen-bond donors (Lipinski definition) is 1. The van der Waals surface area contributed by atoms with E-state index < -0.39 is 0 Å². The molecular formula is C20H23Cl2N4+. The standard InChI is InChI=1S/2C10H11ClN2/c1-7-3-4-9-8(5-7)12-10(6-11)13(9)2;1-7-3-4-8-9(5-7)13(2)10(6-11)12-8/h2*3-5H,6H2,1-2H3/p+1. The third-order valence-electron chi connectivity index (χ3n) is 4.57. The zero-order valence-corrected chi connectivity index (χ0v) is 17.0. The molecule has 0 aliphatic carbocycles. The first-order valence-corrected chi connectivity index (χ1v) is 9.52. The number of imidazole rings is 2. The zero-order valence-electron chi connectivity index (χ0n) is 15.5. The summed E-state index contributed by atoms with van der Waals surface area (Å²) in [7, 11) is 4.01. The molecule has 0 saturated carbocycles. The summed E-state index contributed by atoms with van der Waals surface area (Å²) in [4.78, 5) is 7.69. The number of H-pyrrole nitrogens is 1. The Hall–Kier alpha value is -2.04. The summed E-state index contributed by atoms with van der Waals surface area (Å²) in [6, 6.07) is 12.6. The van der Waals surface area contributed by atoms with Crippen molar-refractivity contribution in [1.82, 2.24) is 14.5 Å². The van der Waals surface area contributed by atoms with Crippen LogP contribution in [0.15, 0.2) is 36.4 Å². The van der Waals surface area contributed by atoms with Gasteiger partial charge in [-0.25, -0.2) is 14.5 Å². The normalized spacial score (nSPS) is 11.0. The second kappa shape index (κ2) is 7.68. The van der Waals surface area contributed by atoms with E-state index in [-0.39, 0.29) is 0 Å². The lowest BCUT2D eigenvalue weighted by atomic mass is 10.2. The molecule has 0 atom stereocenters. The van der Waals surface area contributed by atoms with E-state index in [0.29, 0.717) is 11.8 Å². The van der Waals surface area contributed by atoms with Crippen molar-refractivity contribution < 1.29 is 4.57 Å². The Labute approximate surface area is 163 Å². The van der Waals surface area contributed by atoms with E-state index in [1.807, 2.05) is 18.7 Å². The number of aromatic amines is 1. The molecule has 0 saturated heterocycles. The van der Waals surface area contributed by atoms with Gasteiger partial charge in [0, 0.05) is 7.05 Å². The fourth-order valence-corrected chi connectivity index (χ4v) is 3.50. The van der Waals surface area contributed by atoms with Crippen LogP contribution in [0.3, 0.4) is 0 Å². The highest BCUT2D eigenvalue weighted by Gasteiger charge is 2.13. The van der Waals surface area contributed by atoms with Crippen molar-refractivity contribution >= 4 is 45.3 Å². The van der Waals surface area contributed by atoms with Gasteiger partial charge in [-0.05, 0) is 49.2 Å². The molecule has 0 spiro atoms.